The number of nitrogens with one attached hydrogen (secondary N) is 1. The van der Waals surface area contributed by atoms with Crippen molar-refractivity contribution in [2.45, 2.75) is 19.0 Å². The van der Waals surface area contributed by atoms with Crippen molar-refractivity contribution in [2.24, 2.45) is 0 Å². The van der Waals surface area contributed by atoms with Crippen molar-refractivity contribution in [2.75, 3.05) is 28.5 Å². The van der Waals surface area contributed by atoms with E-state index in [1.165, 1.54) is 0 Å². The first-order chi connectivity index (χ1) is 16.6. The summed E-state index contributed by atoms with van der Waals surface area (Å²) >= 11 is 0. The minimum absolute atomic E-state index is 0.0974. The molecule has 0 atom stereocenters. The number of rotatable bonds is 1. The molecule has 35 heavy (non-hydrogen) atoms. The van der Waals surface area contributed by atoms with E-state index in [1.54, 1.807) is 24.3 Å². The highest BCUT2D eigenvalue weighted by Gasteiger charge is 2.43. The molecule has 3 aromatic rings. The number of hydrogen-bond donors (Lipinski definition) is 1. The van der Waals surface area contributed by atoms with Gasteiger partial charge in [0.05, 0.1) is 29.5 Å². The highest BCUT2D eigenvalue weighted by Crippen LogP contribution is 2.44. The van der Waals surface area contributed by atoms with E-state index in [4.69, 9.17) is 4.74 Å². The van der Waals surface area contributed by atoms with Crippen LogP contribution in [0, 0.1) is 0 Å². The van der Waals surface area contributed by atoms with Crippen LogP contribution in [0.4, 0.5) is 24.8 Å². The molecule has 1 N–H and O–H groups in total. The number of para-hydroxylation sites is 1. The van der Waals surface area contributed by atoms with E-state index in [-0.39, 0.29) is 48.2 Å². The fourth-order valence-corrected chi connectivity index (χ4v) is 5.67. The minimum atomic E-state index is -4.95. The van der Waals surface area contributed by atoms with E-state index in [1.807, 2.05) is 0 Å². The molecule has 0 saturated carbocycles. The average Bonchev–Trinajstić information content (AvgIpc) is 3.15. The lowest BCUT2D eigenvalue weighted by Gasteiger charge is -2.23. The van der Waals surface area contributed by atoms with Gasteiger partial charge in [-0.15, -0.1) is 0 Å². The number of fused-ring (bicyclic) bond motifs is 5. The zero-order chi connectivity index (χ0) is 25.0. The van der Waals surface area contributed by atoms with Gasteiger partial charge in [-0.25, -0.2) is 23.4 Å². The first kappa shape index (κ1) is 23.1. The Morgan fingerprint density at radius 1 is 1.14 bits per heavy atom. The maximum atomic E-state index is 14.5. The Bertz CT molecular complexity index is 1490. The Morgan fingerprint density at radius 2 is 1.91 bits per heavy atom. The highest BCUT2D eigenvalue weighted by atomic mass is 32.2. The molecular weight excluding hydrogens is 483 g/mol. The number of ether oxygens (including phenoxy) is 1. The van der Waals surface area contributed by atoms with Crippen LogP contribution in [0.3, 0.4) is 0 Å². The second-order valence-corrected chi connectivity index (χ2v) is 10.2. The molecule has 1 fully saturated rings. The number of nitrogens with zero attached hydrogens (tertiary/aromatic N) is 4. The molecular formula is C23H20F3N5O3S. The zero-order valence-corrected chi connectivity index (χ0v) is 19.2. The van der Waals surface area contributed by atoms with Crippen LogP contribution in [0.5, 0.6) is 5.75 Å². The quantitative estimate of drug-likeness (QED) is 0.524. The molecule has 5 rings (SSSR count). The van der Waals surface area contributed by atoms with Crippen LogP contribution in [0.15, 0.2) is 43.6 Å². The van der Waals surface area contributed by atoms with Crippen LogP contribution < -0.4 is 14.4 Å². The Hall–Kier alpha value is -3.67. The van der Waals surface area contributed by atoms with E-state index >= 15 is 0 Å². The summed E-state index contributed by atoms with van der Waals surface area (Å²) in [7, 11) is -3.93. The molecule has 8 nitrogen and oxygen atoms in total. The molecule has 2 aliphatic heterocycles. The first-order valence-corrected chi connectivity index (χ1v) is 12.3. The van der Waals surface area contributed by atoms with Crippen LogP contribution >= 0.6 is 0 Å². The summed E-state index contributed by atoms with van der Waals surface area (Å²) in [5.41, 5.74) is -0.0859. The number of aromatic nitrogens is 3. The molecule has 2 bridgehead atoms. The van der Waals surface area contributed by atoms with Gasteiger partial charge in [0.1, 0.15) is 17.1 Å². The number of alkyl halides is 3. The fraction of sp³-hybridized carbons (Fsp3) is 0.261. The van der Waals surface area contributed by atoms with Crippen LogP contribution in [-0.4, -0.2) is 42.3 Å². The lowest BCUT2D eigenvalue weighted by Crippen LogP contribution is -2.29. The molecule has 0 unspecified atom stereocenters. The van der Waals surface area contributed by atoms with E-state index in [0.717, 1.165) is 6.20 Å². The van der Waals surface area contributed by atoms with Crippen molar-refractivity contribution in [1.29, 1.82) is 0 Å². The van der Waals surface area contributed by atoms with Crippen molar-refractivity contribution < 1.29 is 26.3 Å². The van der Waals surface area contributed by atoms with Crippen LogP contribution in [0.1, 0.15) is 29.8 Å². The Balaban J connectivity index is 1.80. The Labute approximate surface area is 199 Å². The smallest absolute Gasteiger partial charge is 0.420 e. The fourth-order valence-electron chi connectivity index (χ4n) is 4.15. The van der Waals surface area contributed by atoms with Crippen molar-refractivity contribution in [3.8, 4) is 5.75 Å². The first-order valence-electron chi connectivity index (χ1n) is 10.7. The largest absolute Gasteiger partial charge is 0.493 e. The lowest BCUT2D eigenvalue weighted by atomic mass is 10.1. The van der Waals surface area contributed by atoms with Gasteiger partial charge in [-0.05, 0) is 24.1 Å². The number of sulfonamides is 1. The van der Waals surface area contributed by atoms with Gasteiger partial charge >= 0.3 is 6.18 Å². The Morgan fingerprint density at radius 3 is 2.63 bits per heavy atom. The van der Waals surface area contributed by atoms with Gasteiger partial charge in [-0.1, -0.05) is 25.3 Å². The summed E-state index contributed by atoms with van der Waals surface area (Å²) < 4.78 is 75.1. The van der Waals surface area contributed by atoms with E-state index in [9.17, 15) is 21.6 Å². The third-order valence-electron chi connectivity index (χ3n) is 5.80. The monoisotopic (exact) mass is 503 g/mol. The SMILES string of the molecule is C=C1CCOc2ccccc2C(=C)Nc2nc1nc1cnc(N3CCCS3(=O)=O)c(C(F)(F)F)c21. The van der Waals surface area contributed by atoms with Crippen LogP contribution in [0.2, 0.25) is 0 Å². The number of halogens is 3. The van der Waals surface area contributed by atoms with Crippen molar-refractivity contribution in [3.05, 3.63) is 60.6 Å². The molecule has 0 aliphatic carbocycles. The predicted molar refractivity (Wildman–Crippen MR) is 126 cm³/mol. The maximum Gasteiger partial charge on any atom is 0.420 e. The summed E-state index contributed by atoms with van der Waals surface area (Å²) in [6.45, 7) is 8.09. The van der Waals surface area contributed by atoms with Gasteiger partial charge in [-0.3, -0.25) is 4.31 Å². The summed E-state index contributed by atoms with van der Waals surface area (Å²) in [5.74, 6) is -0.511. The molecule has 12 heteroatoms. The summed E-state index contributed by atoms with van der Waals surface area (Å²) in [4.78, 5) is 12.5. The summed E-state index contributed by atoms with van der Waals surface area (Å²) in [6.07, 6.45) is -3.29. The molecule has 2 aromatic heterocycles. The van der Waals surface area contributed by atoms with Crippen molar-refractivity contribution in [3.63, 3.8) is 0 Å². The van der Waals surface area contributed by atoms with E-state index < -0.39 is 33.0 Å². The average molecular weight is 504 g/mol. The van der Waals surface area contributed by atoms with Crippen LogP contribution in [0.25, 0.3) is 22.2 Å². The van der Waals surface area contributed by atoms with Gasteiger partial charge in [-0.2, -0.15) is 13.2 Å². The Kier molecular flexibility index (Phi) is 5.42. The summed E-state index contributed by atoms with van der Waals surface area (Å²) in [5, 5.41) is 2.48. The van der Waals surface area contributed by atoms with Crippen LogP contribution in [-0.2, 0) is 16.2 Å². The van der Waals surface area contributed by atoms with E-state index in [0.29, 0.717) is 27.6 Å². The molecule has 1 saturated heterocycles. The van der Waals surface area contributed by atoms with Gasteiger partial charge < -0.3 is 10.1 Å². The van der Waals surface area contributed by atoms with Gasteiger partial charge in [0.2, 0.25) is 10.0 Å². The second-order valence-electron chi connectivity index (χ2n) is 8.15. The van der Waals surface area contributed by atoms with Crippen molar-refractivity contribution >= 4 is 43.8 Å². The third kappa shape index (κ3) is 4.07. The molecule has 0 spiro atoms. The standard InChI is InChI=1S/C23H20F3N5O3S/c1-13-8-10-34-17-7-4-3-6-15(17)14(2)28-21-18-16(29-20(13)30-21)12-27-22(19(18)23(24,25)26)31-9-5-11-35(31,32)33/h3-4,6-7,12H,1-2,5,8-11H2,(H,28,29,30). The molecule has 0 amide bonds. The number of benzene rings is 1. The van der Waals surface area contributed by atoms with Gasteiger partial charge in [0, 0.05) is 24.2 Å². The van der Waals surface area contributed by atoms with Crippen molar-refractivity contribution in [1.82, 2.24) is 15.0 Å². The lowest BCUT2D eigenvalue weighted by molar-refractivity contribution is -0.135. The molecule has 4 heterocycles. The molecule has 182 valence electrons. The van der Waals surface area contributed by atoms with Gasteiger partial charge in [0.15, 0.2) is 11.6 Å². The maximum absolute atomic E-state index is 14.5. The topological polar surface area (TPSA) is 97.3 Å². The second kappa shape index (κ2) is 8.22. The molecule has 0 radical (unpaired) electrons. The van der Waals surface area contributed by atoms with Gasteiger partial charge in [0.25, 0.3) is 0 Å². The normalized spacial score (nSPS) is 18.0. The third-order valence-corrected chi connectivity index (χ3v) is 7.63. The highest BCUT2D eigenvalue weighted by molar-refractivity contribution is 7.93. The number of pyridine rings is 1. The zero-order valence-electron chi connectivity index (χ0n) is 18.4. The minimum Gasteiger partial charge on any atom is -0.493 e. The summed E-state index contributed by atoms with van der Waals surface area (Å²) in [6, 6.07) is 6.96. The predicted octanol–water partition coefficient (Wildman–Crippen LogP) is 4.46. The number of hydrogen-bond acceptors (Lipinski definition) is 7. The number of anilines is 2. The van der Waals surface area contributed by atoms with E-state index in [2.05, 4.69) is 33.4 Å². The molecule has 1 aromatic carbocycles. The molecule has 2 aliphatic rings.